The van der Waals surface area contributed by atoms with Gasteiger partial charge in [0.15, 0.2) is 0 Å². The second kappa shape index (κ2) is 8.56. The lowest BCUT2D eigenvalue weighted by atomic mass is 10.1. The summed E-state index contributed by atoms with van der Waals surface area (Å²) in [7, 11) is 0. The number of benzene rings is 2. The number of amides is 1. The van der Waals surface area contributed by atoms with Crippen LogP contribution in [0.1, 0.15) is 21.5 Å². The van der Waals surface area contributed by atoms with Crippen LogP contribution in [0, 0.1) is 5.82 Å². The summed E-state index contributed by atoms with van der Waals surface area (Å²) < 4.78 is 13.7. The van der Waals surface area contributed by atoms with Crippen molar-refractivity contribution in [2.24, 2.45) is 0 Å². The van der Waals surface area contributed by atoms with Crippen molar-refractivity contribution in [1.29, 1.82) is 0 Å². The molecule has 0 bridgehead atoms. The molecule has 3 N–H and O–H groups in total. The summed E-state index contributed by atoms with van der Waals surface area (Å²) in [6.45, 7) is 0.826. The molecule has 5 nitrogen and oxygen atoms in total. The molecule has 2 heterocycles. The topological polar surface area (TPSA) is 69.8 Å². The molecule has 0 unspecified atom stereocenters. The summed E-state index contributed by atoms with van der Waals surface area (Å²) in [5.74, 6) is 0.0879. The highest BCUT2D eigenvalue weighted by molar-refractivity contribution is 5.94. The van der Waals surface area contributed by atoms with Gasteiger partial charge in [-0.25, -0.2) is 9.37 Å². The number of nitrogens with one attached hydrogen (secondary N) is 3. The molecule has 29 heavy (non-hydrogen) atoms. The fraction of sp³-hybridized carbons (Fsp3) is 0.130. The molecular weight excluding hydrogens is 367 g/mol. The lowest BCUT2D eigenvalue weighted by Crippen LogP contribution is -2.25. The van der Waals surface area contributed by atoms with Crippen LogP contribution < -0.4 is 10.6 Å². The zero-order valence-electron chi connectivity index (χ0n) is 15.8. The van der Waals surface area contributed by atoms with Gasteiger partial charge in [-0.1, -0.05) is 36.4 Å². The van der Waals surface area contributed by atoms with E-state index in [9.17, 15) is 9.18 Å². The first-order chi connectivity index (χ1) is 14.2. The standard InChI is InChI=1S/C23H21FN4O/c24-20-7-3-1-5-18(20)15-28-22-13-16(9-11-25-22)23(29)26-12-10-17-14-27-21-8-4-2-6-19(17)21/h1-9,11,13-14,27H,10,12,15H2,(H,25,28)(H,26,29). The Kier molecular flexibility index (Phi) is 5.52. The summed E-state index contributed by atoms with van der Waals surface area (Å²) in [4.78, 5) is 19.9. The highest BCUT2D eigenvalue weighted by atomic mass is 19.1. The lowest BCUT2D eigenvalue weighted by Gasteiger charge is -2.09. The van der Waals surface area contributed by atoms with E-state index in [1.807, 2.05) is 24.4 Å². The number of anilines is 1. The van der Waals surface area contributed by atoms with Crippen LogP contribution in [-0.2, 0) is 13.0 Å². The number of carbonyl (C=O) groups excluding carboxylic acids is 1. The molecule has 0 radical (unpaired) electrons. The van der Waals surface area contributed by atoms with Gasteiger partial charge in [0.25, 0.3) is 5.91 Å². The largest absolute Gasteiger partial charge is 0.366 e. The molecule has 2 aromatic carbocycles. The van der Waals surface area contributed by atoms with Crippen molar-refractivity contribution in [2.45, 2.75) is 13.0 Å². The van der Waals surface area contributed by atoms with Crippen LogP contribution in [0.2, 0.25) is 0 Å². The maximum absolute atomic E-state index is 13.7. The molecular formula is C23H21FN4O. The van der Waals surface area contributed by atoms with Crippen molar-refractivity contribution >= 4 is 22.6 Å². The van der Waals surface area contributed by atoms with E-state index in [0.29, 0.717) is 30.0 Å². The molecule has 0 aliphatic rings. The van der Waals surface area contributed by atoms with Crippen LogP contribution in [0.4, 0.5) is 10.2 Å². The van der Waals surface area contributed by atoms with Gasteiger partial charge in [-0.05, 0) is 36.2 Å². The van der Waals surface area contributed by atoms with Crippen LogP contribution >= 0.6 is 0 Å². The third-order valence-corrected chi connectivity index (χ3v) is 4.79. The van der Waals surface area contributed by atoms with E-state index in [0.717, 1.165) is 11.9 Å². The number of fused-ring (bicyclic) bond motifs is 1. The fourth-order valence-corrected chi connectivity index (χ4v) is 3.25. The first-order valence-corrected chi connectivity index (χ1v) is 9.47. The van der Waals surface area contributed by atoms with Crippen LogP contribution in [-0.4, -0.2) is 22.4 Å². The maximum atomic E-state index is 13.7. The molecule has 4 rings (SSSR count). The van der Waals surface area contributed by atoms with Gasteiger partial charge < -0.3 is 15.6 Å². The van der Waals surface area contributed by atoms with Gasteiger partial charge in [-0.15, -0.1) is 0 Å². The molecule has 0 spiro atoms. The SMILES string of the molecule is O=C(NCCc1c[nH]c2ccccc12)c1ccnc(NCc2ccccc2F)c1. The van der Waals surface area contributed by atoms with E-state index in [-0.39, 0.29) is 11.7 Å². The number of aromatic amines is 1. The lowest BCUT2D eigenvalue weighted by molar-refractivity contribution is 0.0954. The van der Waals surface area contributed by atoms with Crippen molar-refractivity contribution in [3.63, 3.8) is 0 Å². The van der Waals surface area contributed by atoms with Crippen molar-refractivity contribution < 1.29 is 9.18 Å². The Morgan fingerprint density at radius 3 is 2.76 bits per heavy atom. The van der Waals surface area contributed by atoms with Crippen molar-refractivity contribution in [1.82, 2.24) is 15.3 Å². The Morgan fingerprint density at radius 1 is 1.03 bits per heavy atom. The Bertz CT molecular complexity index is 1140. The first kappa shape index (κ1) is 18.7. The normalized spacial score (nSPS) is 10.8. The average Bonchev–Trinajstić information content (AvgIpc) is 3.16. The number of hydrogen-bond donors (Lipinski definition) is 3. The number of aromatic nitrogens is 2. The minimum atomic E-state index is -0.272. The van der Waals surface area contributed by atoms with Crippen molar-refractivity contribution in [3.8, 4) is 0 Å². The third-order valence-electron chi connectivity index (χ3n) is 4.79. The van der Waals surface area contributed by atoms with E-state index in [1.165, 1.54) is 17.0 Å². The molecule has 6 heteroatoms. The third kappa shape index (κ3) is 4.43. The van der Waals surface area contributed by atoms with Gasteiger partial charge in [-0.2, -0.15) is 0 Å². The minimum Gasteiger partial charge on any atom is -0.366 e. The molecule has 1 amide bonds. The Hall–Kier alpha value is -3.67. The monoisotopic (exact) mass is 388 g/mol. The predicted octanol–water partition coefficient (Wildman–Crippen LogP) is 4.29. The fourth-order valence-electron chi connectivity index (χ4n) is 3.25. The maximum Gasteiger partial charge on any atom is 0.251 e. The van der Waals surface area contributed by atoms with E-state index in [2.05, 4.69) is 26.7 Å². The first-order valence-electron chi connectivity index (χ1n) is 9.47. The Morgan fingerprint density at radius 2 is 1.86 bits per heavy atom. The van der Waals surface area contributed by atoms with Crippen molar-refractivity contribution in [3.05, 3.63) is 95.6 Å². The van der Waals surface area contributed by atoms with E-state index in [1.54, 1.807) is 36.5 Å². The molecule has 0 fully saturated rings. The number of hydrogen-bond acceptors (Lipinski definition) is 3. The average molecular weight is 388 g/mol. The second-order valence-corrected chi connectivity index (χ2v) is 6.74. The smallest absolute Gasteiger partial charge is 0.251 e. The van der Waals surface area contributed by atoms with Crippen LogP contribution in [0.15, 0.2) is 73.1 Å². The predicted molar refractivity (Wildman–Crippen MR) is 112 cm³/mol. The molecule has 0 aliphatic heterocycles. The van der Waals surface area contributed by atoms with Crippen LogP contribution in [0.5, 0.6) is 0 Å². The number of carbonyl (C=O) groups is 1. The summed E-state index contributed by atoms with van der Waals surface area (Å²) >= 11 is 0. The van der Waals surface area contributed by atoms with Crippen molar-refractivity contribution in [2.75, 3.05) is 11.9 Å². The molecule has 2 aromatic heterocycles. The van der Waals surface area contributed by atoms with Crippen LogP contribution in [0.25, 0.3) is 10.9 Å². The summed E-state index contributed by atoms with van der Waals surface area (Å²) in [5, 5.41) is 7.18. The number of halogens is 1. The molecule has 0 atom stereocenters. The van der Waals surface area contributed by atoms with E-state index >= 15 is 0 Å². The van der Waals surface area contributed by atoms with E-state index in [4.69, 9.17) is 0 Å². The summed E-state index contributed by atoms with van der Waals surface area (Å²) in [5.41, 5.74) is 3.31. The Balaban J connectivity index is 1.34. The number of nitrogens with zero attached hydrogens (tertiary/aromatic N) is 1. The van der Waals surface area contributed by atoms with Gasteiger partial charge in [0.1, 0.15) is 11.6 Å². The summed E-state index contributed by atoms with van der Waals surface area (Å²) in [6.07, 6.45) is 4.28. The molecule has 4 aromatic rings. The number of H-pyrrole nitrogens is 1. The number of para-hydroxylation sites is 1. The molecule has 0 saturated heterocycles. The highest BCUT2D eigenvalue weighted by Gasteiger charge is 2.09. The van der Waals surface area contributed by atoms with Gasteiger partial charge in [-0.3, -0.25) is 4.79 Å². The van der Waals surface area contributed by atoms with Gasteiger partial charge in [0.2, 0.25) is 0 Å². The molecule has 0 aliphatic carbocycles. The molecule has 0 saturated carbocycles. The van der Waals surface area contributed by atoms with Gasteiger partial charge >= 0.3 is 0 Å². The van der Waals surface area contributed by atoms with Gasteiger partial charge in [0.05, 0.1) is 0 Å². The highest BCUT2D eigenvalue weighted by Crippen LogP contribution is 2.18. The van der Waals surface area contributed by atoms with E-state index < -0.39 is 0 Å². The number of pyridine rings is 1. The summed E-state index contributed by atoms with van der Waals surface area (Å²) in [6, 6.07) is 18.0. The quantitative estimate of drug-likeness (QED) is 0.442. The second-order valence-electron chi connectivity index (χ2n) is 6.74. The van der Waals surface area contributed by atoms with Crippen LogP contribution in [0.3, 0.4) is 0 Å². The van der Waals surface area contributed by atoms with Gasteiger partial charge in [0, 0.05) is 47.5 Å². The zero-order chi connectivity index (χ0) is 20.1. The Labute approximate surface area is 168 Å². The molecule has 146 valence electrons. The minimum absolute atomic E-state index is 0.166. The number of rotatable bonds is 7. The zero-order valence-corrected chi connectivity index (χ0v) is 15.8.